The van der Waals surface area contributed by atoms with E-state index in [1.807, 2.05) is 0 Å². The topological polar surface area (TPSA) is 41.1 Å². The monoisotopic (exact) mass is 286 g/mol. The number of amides is 1. The highest BCUT2D eigenvalue weighted by Crippen LogP contribution is 2.22. The Morgan fingerprint density at radius 3 is 2.53 bits per heavy atom. The SMILES string of the molecule is Cl.O=C(NCC1=CCNCC1)C1CCCCCCC1. The van der Waals surface area contributed by atoms with Crippen LogP contribution in [0.1, 0.15) is 51.4 Å². The number of nitrogens with one attached hydrogen (secondary N) is 2. The van der Waals surface area contributed by atoms with Crippen LogP contribution in [-0.2, 0) is 4.79 Å². The fourth-order valence-electron chi connectivity index (χ4n) is 2.89. The molecular formula is C15H27ClN2O. The van der Waals surface area contributed by atoms with Gasteiger partial charge in [-0.25, -0.2) is 0 Å². The van der Waals surface area contributed by atoms with E-state index in [2.05, 4.69) is 16.7 Å². The third-order valence-electron chi connectivity index (χ3n) is 4.12. The molecule has 1 heterocycles. The van der Waals surface area contributed by atoms with Gasteiger partial charge in [0, 0.05) is 19.0 Å². The van der Waals surface area contributed by atoms with E-state index in [1.54, 1.807) is 0 Å². The molecule has 2 rings (SSSR count). The molecule has 0 aromatic heterocycles. The van der Waals surface area contributed by atoms with E-state index < -0.39 is 0 Å². The van der Waals surface area contributed by atoms with Gasteiger partial charge in [-0.3, -0.25) is 4.79 Å². The van der Waals surface area contributed by atoms with Crippen molar-refractivity contribution in [3.63, 3.8) is 0 Å². The molecule has 1 aliphatic carbocycles. The third-order valence-corrected chi connectivity index (χ3v) is 4.12. The van der Waals surface area contributed by atoms with Gasteiger partial charge in [0.15, 0.2) is 0 Å². The Hall–Kier alpha value is -0.540. The quantitative estimate of drug-likeness (QED) is 0.784. The molecule has 0 radical (unpaired) electrons. The molecule has 0 unspecified atom stereocenters. The van der Waals surface area contributed by atoms with Gasteiger partial charge in [0.25, 0.3) is 0 Å². The van der Waals surface area contributed by atoms with Gasteiger partial charge in [0.1, 0.15) is 0 Å². The highest BCUT2D eigenvalue weighted by Gasteiger charge is 2.19. The summed E-state index contributed by atoms with van der Waals surface area (Å²) in [5.74, 6) is 0.559. The summed E-state index contributed by atoms with van der Waals surface area (Å²) < 4.78 is 0. The number of carbonyl (C=O) groups is 1. The van der Waals surface area contributed by atoms with Gasteiger partial charge in [0.2, 0.25) is 5.91 Å². The van der Waals surface area contributed by atoms with Gasteiger partial charge in [-0.2, -0.15) is 0 Å². The van der Waals surface area contributed by atoms with Crippen molar-refractivity contribution in [2.75, 3.05) is 19.6 Å². The maximum absolute atomic E-state index is 12.2. The van der Waals surface area contributed by atoms with E-state index in [1.165, 1.54) is 37.7 Å². The predicted molar refractivity (Wildman–Crippen MR) is 81.6 cm³/mol. The van der Waals surface area contributed by atoms with Gasteiger partial charge >= 0.3 is 0 Å². The zero-order chi connectivity index (χ0) is 12.6. The van der Waals surface area contributed by atoms with Crippen LogP contribution in [-0.4, -0.2) is 25.5 Å². The van der Waals surface area contributed by atoms with Crippen LogP contribution in [0.4, 0.5) is 0 Å². The summed E-state index contributed by atoms with van der Waals surface area (Å²) in [5, 5.41) is 6.43. The minimum absolute atomic E-state index is 0. The molecule has 1 aliphatic heterocycles. The number of rotatable bonds is 3. The van der Waals surface area contributed by atoms with Crippen LogP contribution in [0, 0.1) is 5.92 Å². The predicted octanol–water partition coefficient (Wildman–Crippen LogP) is 2.80. The normalized spacial score (nSPS) is 21.6. The van der Waals surface area contributed by atoms with Crippen LogP contribution in [0.2, 0.25) is 0 Å². The molecule has 0 saturated heterocycles. The fourth-order valence-corrected chi connectivity index (χ4v) is 2.89. The maximum Gasteiger partial charge on any atom is 0.223 e. The Morgan fingerprint density at radius 2 is 1.89 bits per heavy atom. The first-order valence-electron chi connectivity index (χ1n) is 7.52. The van der Waals surface area contributed by atoms with E-state index in [-0.39, 0.29) is 24.2 Å². The number of hydrogen-bond acceptors (Lipinski definition) is 2. The first-order chi connectivity index (χ1) is 8.86. The van der Waals surface area contributed by atoms with Gasteiger partial charge < -0.3 is 10.6 Å². The maximum atomic E-state index is 12.2. The van der Waals surface area contributed by atoms with Crippen molar-refractivity contribution in [1.82, 2.24) is 10.6 Å². The lowest BCUT2D eigenvalue weighted by molar-refractivity contribution is -0.125. The van der Waals surface area contributed by atoms with Crippen molar-refractivity contribution in [2.24, 2.45) is 5.92 Å². The lowest BCUT2D eigenvalue weighted by Crippen LogP contribution is -2.34. The molecule has 19 heavy (non-hydrogen) atoms. The third kappa shape index (κ3) is 5.96. The molecule has 1 fully saturated rings. The lowest BCUT2D eigenvalue weighted by atomic mass is 9.90. The largest absolute Gasteiger partial charge is 0.352 e. The van der Waals surface area contributed by atoms with Crippen LogP contribution in [0.25, 0.3) is 0 Å². The van der Waals surface area contributed by atoms with E-state index in [4.69, 9.17) is 0 Å². The van der Waals surface area contributed by atoms with Crippen LogP contribution in [0.5, 0.6) is 0 Å². The molecule has 2 aliphatic rings. The molecule has 1 amide bonds. The van der Waals surface area contributed by atoms with Crippen molar-refractivity contribution >= 4 is 18.3 Å². The summed E-state index contributed by atoms with van der Waals surface area (Å²) >= 11 is 0. The van der Waals surface area contributed by atoms with Crippen molar-refractivity contribution < 1.29 is 4.79 Å². The summed E-state index contributed by atoms with van der Waals surface area (Å²) in [4.78, 5) is 12.2. The summed E-state index contributed by atoms with van der Waals surface area (Å²) in [6.45, 7) is 2.76. The molecule has 1 saturated carbocycles. The molecule has 4 heteroatoms. The Kier molecular flexibility index (Phi) is 8.15. The average molecular weight is 287 g/mol. The van der Waals surface area contributed by atoms with Gasteiger partial charge in [-0.05, 0) is 25.8 Å². The first kappa shape index (κ1) is 16.5. The number of halogens is 1. The lowest BCUT2D eigenvalue weighted by Gasteiger charge is -2.20. The Morgan fingerprint density at radius 1 is 1.21 bits per heavy atom. The van der Waals surface area contributed by atoms with Crippen molar-refractivity contribution in [1.29, 1.82) is 0 Å². The van der Waals surface area contributed by atoms with Gasteiger partial charge in [-0.1, -0.05) is 43.8 Å². The summed E-state index contributed by atoms with van der Waals surface area (Å²) in [5.41, 5.74) is 1.38. The average Bonchev–Trinajstić information content (AvgIpc) is 2.37. The Balaban J connectivity index is 0.00000180. The summed E-state index contributed by atoms with van der Waals surface area (Å²) in [6, 6.07) is 0. The molecule has 0 atom stereocenters. The molecule has 3 nitrogen and oxygen atoms in total. The fraction of sp³-hybridized carbons (Fsp3) is 0.800. The molecular weight excluding hydrogens is 260 g/mol. The minimum atomic E-state index is 0. The summed E-state index contributed by atoms with van der Waals surface area (Å²) in [7, 11) is 0. The van der Waals surface area contributed by atoms with E-state index >= 15 is 0 Å². The van der Waals surface area contributed by atoms with E-state index in [0.717, 1.165) is 38.9 Å². The molecule has 0 aromatic rings. The molecule has 2 N–H and O–H groups in total. The first-order valence-corrected chi connectivity index (χ1v) is 7.52. The second-order valence-electron chi connectivity index (χ2n) is 5.58. The zero-order valence-corrected chi connectivity index (χ0v) is 12.6. The minimum Gasteiger partial charge on any atom is -0.352 e. The highest BCUT2D eigenvalue weighted by atomic mass is 35.5. The van der Waals surface area contributed by atoms with Crippen molar-refractivity contribution in [3.8, 4) is 0 Å². The number of carbonyl (C=O) groups excluding carboxylic acids is 1. The Bertz CT molecular complexity index is 297. The standard InChI is InChI=1S/C15H26N2O.ClH/c18-15(14-6-4-2-1-3-5-7-14)17-12-13-8-10-16-11-9-13;/h8,14,16H,1-7,9-12H2,(H,17,18);1H. The Labute approximate surface area is 123 Å². The second-order valence-corrected chi connectivity index (χ2v) is 5.58. The molecule has 0 spiro atoms. The van der Waals surface area contributed by atoms with Crippen molar-refractivity contribution in [3.05, 3.63) is 11.6 Å². The zero-order valence-electron chi connectivity index (χ0n) is 11.7. The molecule has 110 valence electrons. The smallest absolute Gasteiger partial charge is 0.223 e. The second kappa shape index (κ2) is 9.38. The van der Waals surface area contributed by atoms with E-state index in [0.29, 0.717) is 0 Å². The van der Waals surface area contributed by atoms with Gasteiger partial charge in [-0.15, -0.1) is 12.4 Å². The van der Waals surface area contributed by atoms with Crippen LogP contribution < -0.4 is 10.6 Å². The van der Waals surface area contributed by atoms with Gasteiger partial charge in [0.05, 0.1) is 0 Å². The molecule has 0 bridgehead atoms. The number of hydrogen-bond donors (Lipinski definition) is 2. The van der Waals surface area contributed by atoms with Crippen LogP contribution in [0.3, 0.4) is 0 Å². The van der Waals surface area contributed by atoms with Crippen molar-refractivity contribution in [2.45, 2.75) is 51.4 Å². The van der Waals surface area contributed by atoms with Crippen LogP contribution >= 0.6 is 12.4 Å². The summed E-state index contributed by atoms with van der Waals surface area (Å²) in [6.07, 6.45) is 11.9. The molecule has 0 aromatic carbocycles. The highest BCUT2D eigenvalue weighted by molar-refractivity contribution is 5.85. The van der Waals surface area contributed by atoms with Crippen LogP contribution in [0.15, 0.2) is 11.6 Å². The van der Waals surface area contributed by atoms with E-state index in [9.17, 15) is 4.79 Å².